The summed E-state index contributed by atoms with van der Waals surface area (Å²) in [6.07, 6.45) is 1.27. The Labute approximate surface area is 107 Å². The molecule has 5 heteroatoms. The zero-order valence-electron chi connectivity index (χ0n) is 10.8. The summed E-state index contributed by atoms with van der Waals surface area (Å²) in [5.74, 6) is -0.105. The van der Waals surface area contributed by atoms with E-state index in [1.807, 2.05) is 18.2 Å². The first kappa shape index (κ1) is 14.3. The van der Waals surface area contributed by atoms with E-state index in [0.717, 1.165) is 23.4 Å². The molecule has 0 saturated carbocycles. The van der Waals surface area contributed by atoms with Gasteiger partial charge >= 0.3 is 5.97 Å². The van der Waals surface area contributed by atoms with Gasteiger partial charge in [-0.3, -0.25) is 4.79 Å². The van der Waals surface area contributed by atoms with Gasteiger partial charge < -0.3 is 20.9 Å². The molecule has 0 radical (unpaired) electrons. The van der Waals surface area contributed by atoms with E-state index in [1.165, 1.54) is 0 Å². The summed E-state index contributed by atoms with van der Waals surface area (Å²) in [5.41, 5.74) is 7.49. The Morgan fingerprint density at radius 2 is 2.28 bits per heavy atom. The summed E-state index contributed by atoms with van der Waals surface area (Å²) in [7, 11) is 1.65. The molecule has 18 heavy (non-hydrogen) atoms. The molecule has 0 aliphatic carbocycles. The van der Waals surface area contributed by atoms with Crippen LogP contribution < -0.4 is 15.8 Å². The van der Waals surface area contributed by atoms with Gasteiger partial charge in [-0.05, 0) is 36.6 Å². The van der Waals surface area contributed by atoms with Crippen LogP contribution >= 0.6 is 0 Å². The van der Waals surface area contributed by atoms with Gasteiger partial charge in [0.05, 0.1) is 7.11 Å². The predicted octanol–water partition coefficient (Wildman–Crippen LogP) is 1.47. The molecular weight excluding hydrogens is 232 g/mol. The number of anilines is 1. The fourth-order valence-electron chi connectivity index (χ4n) is 1.66. The van der Waals surface area contributed by atoms with E-state index in [0.29, 0.717) is 13.0 Å². The normalized spacial score (nSPS) is 11.9. The molecule has 0 bridgehead atoms. The topological polar surface area (TPSA) is 84.6 Å². The summed E-state index contributed by atoms with van der Waals surface area (Å²) in [6.45, 7) is 2.59. The Bertz CT molecular complexity index is 407. The van der Waals surface area contributed by atoms with Gasteiger partial charge in [-0.25, -0.2) is 0 Å². The lowest BCUT2D eigenvalue weighted by atomic mass is 10.1. The average molecular weight is 252 g/mol. The molecule has 0 aromatic heterocycles. The predicted molar refractivity (Wildman–Crippen MR) is 71.1 cm³/mol. The number of hydrogen-bond acceptors (Lipinski definition) is 4. The minimum absolute atomic E-state index is 0.392. The molecular formula is C13H20N2O3. The van der Waals surface area contributed by atoms with Crippen LogP contribution in [0.3, 0.4) is 0 Å². The maximum absolute atomic E-state index is 10.6. The monoisotopic (exact) mass is 252 g/mol. The number of hydrogen-bond donors (Lipinski definition) is 3. The lowest BCUT2D eigenvalue weighted by Crippen LogP contribution is -2.32. The van der Waals surface area contributed by atoms with Crippen LogP contribution in [-0.2, 0) is 11.2 Å². The fourth-order valence-corrected chi connectivity index (χ4v) is 1.66. The number of aliphatic carboxylic acids is 1. The molecule has 4 N–H and O–H groups in total. The first-order chi connectivity index (χ1) is 8.58. The van der Waals surface area contributed by atoms with Crippen molar-refractivity contribution in [2.75, 3.05) is 19.0 Å². The summed E-state index contributed by atoms with van der Waals surface area (Å²) < 4.78 is 5.24. The molecule has 100 valence electrons. The van der Waals surface area contributed by atoms with Gasteiger partial charge in [-0.1, -0.05) is 6.92 Å². The quantitative estimate of drug-likeness (QED) is 0.684. The van der Waals surface area contributed by atoms with Gasteiger partial charge in [-0.2, -0.15) is 0 Å². The van der Waals surface area contributed by atoms with Gasteiger partial charge in [0.1, 0.15) is 11.8 Å². The van der Waals surface area contributed by atoms with E-state index in [4.69, 9.17) is 15.6 Å². The highest BCUT2D eigenvalue weighted by Crippen LogP contribution is 2.22. The van der Waals surface area contributed by atoms with Gasteiger partial charge in [0.15, 0.2) is 0 Å². The summed E-state index contributed by atoms with van der Waals surface area (Å²) in [4.78, 5) is 10.6. The Kier molecular flexibility index (Phi) is 5.45. The number of carboxylic acid groups (broad SMARTS) is 1. The average Bonchev–Trinajstić information content (AvgIpc) is 2.38. The van der Waals surface area contributed by atoms with E-state index in [1.54, 1.807) is 7.11 Å². The van der Waals surface area contributed by atoms with Crippen LogP contribution in [0.15, 0.2) is 18.2 Å². The lowest BCUT2D eigenvalue weighted by Gasteiger charge is -2.12. The number of ether oxygens (including phenoxy) is 1. The molecule has 1 aromatic rings. The molecule has 1 atom stereocenters. The Morgan fingerprint density at radius 1 is 1.56 bits per heavy atom. The maximum atomic E-state index is 10.6. The van der Waals surface area contributed by atoms with Gasteiger partial charge in [0.25, 0.3) is 0 Å². The van der Waals surface area contributed by atoms with Crippen molar-refractivity contribution in [1.29, 1.82) is 0 Å². The molecule has 0 amide bonds. The Balaban J connectivity index is 2.55. The molecule has 0 aliphatic rings. The van der Waals surface area contributed by atoms with Crippen LogP contribution in [0.2, 0.25) is 0 Å². The largest absolute Gasteiger partial charge is 0.496 e. The number of methoxy groups -OCH3 is 1. The van der Waals surface area contributed by atoms with E-state index >= 15 is 0 Å². The molecule has 1 unspecified atom stereocenters. The van der Waals surface area contributed by atoms with Crippen LogP contribution in [0, 0.1) is 0 Å². The molecule has 0 heterocycles. The highest BCUT2D eigenvalue weighted by molar-refractivity contribution is 5.73. The molecule has 1 aromatic carbocycles. The molecule has 1 rings (SSSR count). The minimum Gasteiger partial charge on any atom is -0.496 e. The number of benzene rings is 1. The van der Waals surface area contributed by atoms with E-state index in [2.05, 4.69) is 12.2 Å². The second-order valence-electron chi connectivity index (χ2n) is 4.04. The van der Waals surface area contributed by atoms with Crippen LogP contribution in [-0.4, -0.2) is 30.8 Å². The second kappa shape index (κ2) is 6.86. The van der Waals surface area contributed by atoms with Crippen molar-refractivity contribution in [1.82, 2.24) is 0 Å². The number of nitrogens with one attached hydrogen (secondary N) is 1. The Hall–Kier alpha value is -1.75. The number of carbonyl (C=O) groups is 1. The second-order valence-corrected chi connectivity index (χ2v) is 4.04. The zero-order valence-corrected chi connectivity index (χ0v) is 10.8. The van der Waals surface area contributed by atoms with Crippen molar-refractivity contribution < 1.29 is 14.6 Å². The lowest BCUT2D eigenvalue weighted by molar-refractivity contribution is -0.138. The standard InChI is InChI=1S/C13H20N2O3/c1-3-9-8-10(4-5-12(9)18-2)15-7-6-11(14)13(16)17/h4-5,8,11,15H,3,6-7,14H2,1-2H3,(H,16,17). The zero-order chi connectivity index (χ0) is 13.5. The third-order valence-electron chi connectivity index (χ3n) is 2.76. The third kappa shape index (κ3) is 3.92. The molecule has 5 nitrogen and oxygen atoms in total. The van der Waals surface area contributed by atoms with Crippen molar-refractivity contribution >= 4 is 11.7 Å². The van der Waals surface area contributed by atoms with Crippen LogP contribution in [0.1, 0.15) is 18.9 Å². The van der Waals surface area contributed by atoms with Crippen molar-refractivity contribution in [2.45, 2.75) is 25.8 Å². The van der Waals surface area contributed by atoms with Crippen molar-refractivity contribution in [2.24, 2.45) is 5.73 Å². The minimum atomic E-state index is -0.972. The SMILES string of the molecule is CCc1cc(NCCC(N)C(=O)O)ccc1OC. The molecule has 0 spiro atoms. The molecule has 0 saturated heterocycles. The highest BCUT2D eigenvalue weighted by Gasteiger charge is 2.10. The van der Waals surface area contributed by atoms with E-state index in [-0.39, 0.29) is 0 Å². The first-order valence-electron chi connectivity index (χ1n) is 5.97. The maximum Gasteiger partial charge on any atom is 0.320 e. The first-order valence-corrected chi connectivity index (χ1v) is 5.97. The third-order valence-corrected chi connectivity index (χ3v) is 2.76. The molecule has 0 fully saturated rings. The number of aryl methyl sites for hydroxylation is 1. The van der Waals surface area contributed by atoms with E-state index in [9.17, 15) is 4.79 Å². The van der Waals surface area contributed by atoms with Crippen molar-refractivity contribution in [3.8, 4) is 5.75 Å². The van der Waals surface area contributed by atoms with Crippen LogP contribution in [0.25, 0.3) is 0 Å². The summed E-state index contributed by atoms with van der Waals surface area (Å²) in [5, 5.41) is 11.8. The number of carboxylic acids is 1. The van der Waals surface area contributed by atoms with Crippen LogP contribution in [0.5, 0.6) is 5.75 Å². The highest BCUT2D eigenvalue weighted by atomic mass is 16.5. The van der Waals surface area contributed by atoms with E-state index < -0.39 is 12.0 Å². The van der Waals surface area contributed by atoms with Gasteiger partial charge in [0, 0.05) is 12.2 Å². The Morgan fingerprint density at radius 3 is 2.83 bits per heavy atom. The van der Waals surface area contributed by atoms with Crippen molar-refractivity contribution in [3.05, 3.63) is 23.8 Å². The number of nitrogens with two attached hydrogens (primary N) is 1. The summed E-state index contributed by atoms with van der Waals surface area (Å²) >= 11 is 0. The van der Waals surface area contributed by atoms with Gasteiger partial charge in [-0.15, -0.1) is 0 Å². The van der Waals surface area contributed by atoms with Gasteiger partial charge in [0.2, 0.25) is 0 Å². The molecule has 0 aliphatic heterocycles. The van der Waals surface area contributed by atoms with Crippen molar-refractivity contribution in [3.63, 3.8) is 0 Å². The summed E-state index contributed by atoms with van der Waals surface area (Å²) in [6, 6.07) is 5.00. The number of rotatable bonds is 7. The fraction of sp³-hybridized carbons (Fsp3) is 0.462. The smallest absolute Gasteiger partial charge is 0.320 e. The van der Waals surface area contributed by atoms with Crippen LogP contribution in [0.4, 0.5) is 5.69 Å².